The van der Waals surface area contributed by atoms with Crippen LogP contribution in [-0.4, -0.2) is 27.9 Å². The van der Waals surface area contributed by atoms with Crippen molar-refractivity contribution in [2.24, 2.45) is 0 Å². The van der Waals surface area contributed by atoms with Crippen LogP contribution in [0.4, 0.5) is 0 Å². The first-order chi connectivity index (χ1) is 9.81. The Hall–Kier alpha value is -2.53. The van der Waals surface area contributed by atoms with Crippen LogP contribution < -0.4 is 0 Å². The lowest BCUT2D eigenvalue weighted by Gasteiger charge is -2.14. The first-order valence-electron chi connectivity index (χ1n) is 6.23. The normalized spacial score (nSPS) is 12.4. The number of benzene rings is 2. The SMILES string of the molecule is CO[C@H](C(=O)c1ccccc1)n1nnc2ccccc21. The van der Waals surface area contributed by atoms with Gasteiger partial charge in [0.25, 0.3) is 0 Å². The zero-order valence-electron chi connectivity index (χ0n) is 10.9. The van der Waals surface area contributed by atoms with Gasteiger partial charge in [0.1, 0.15) is 5.52 Å². The van der Waals surface area contributed by atoms with Crippen LogP contribution in [0.3, 0.4) is 0 Å². The number of ketones is 1. The van der Waals surface area contributed by atoms with E-state index in [1.54, 1.807) is 12.1 Å². The zero-order chi connectivity index (χ0) is 13.9. The Bertz CT molecular complexity index is 737. The highest BCUT2D eigenvalue weighted by molar-refractivity contribution is 5.98. The van der Waals surface area contributed by atoms with Crippen LogP contribution in [0.5, 0.6) is 0 Å². The van der Waals surface area contributed by atoms with Crippen LogP contribution in [0.1, 0.15) is 16.6 Å². The third-order valence-electron chi connectivity index (χ3n) is 3.11. The first-order valence-corrected chi connectivity index (χ1v) is 6.23. The maximum Gasteiger partial charge on any atom is 0.215 e. The number of ether oxygens (including phenoxy) is 1. The predicted molar refractivity (Wildman–Crippen MR) is 74.3 cm³/mol. The molecule has 0 aliphatic rings. The summed E-state index contributed by atoms with van der Waals surface area (Å²) >= 11 is 0. The maximum atomic E-state index is 12.5. The molecule has 3 rings (SSSR count). The van der Waals surface area contributed by atoms with E-state index >= 15 is 0 Å². The Morgan fingerprint density at radius 1 is 1.10 bits per heavy atom. The first kappa shape index (κ1) is 12.5. The summed E-state index contributed by atoms with van der Waals surface area (Å²) in [6, 6.07) is 16.5. The number of Topliss-reactive ketones (excluding diaryl/α,β-unsaturated/α-hetero) is 1. The van der Waals surface area contributed by atoms with Crippen molar-refractivity contribution in [3.63, 3.8) is 0 Å². The Kier molecular flexibility index (Phi) is 3.26. The topological polar surface area (TPSA) is 57.0 Å². The van der Waals surface area contributed by atoms with E-state index in [-0.39, 0.29) is 5.78 Å². The second-order valence-corrected chi connectivity index (χ2v) is 4.34. The highest BCUT2D eigenvalue weighted by Crippen LogP contribution is 2.19. The molecule has 0 spiro atoms. The lowest BCUT2D eigenvalue weighted by Crippen LogP contribution is -2.22. The second kappa shape index (κ2) is 5.22. The monoisotopic (exact) mass is 267 g/mol. The molecule has 0 N–H and O–H groups in total. The smallest absolute Gasteiger partial charge is 0.215 e. The van der Waals surface area contributed by atoms with Gasteiger partial charge in [0.15, 0.2) is 0 Å². The van der Waals surface area contributed by atoms with Crippen LogP contribution >= 0.6 is 0 Å². The molecular formula is C15H13N3O2. The van der Waals surface area contributed by atoms with Gasteiger partial charge in [-0.1, -0.05) is 47.7 Å². The molecule has 0 amide bonds. The van der Waals surface area contributed by atoms with Crippen LogP contribution in [0.2, 0.25) is 0 Å². The molecular weight excluding hydrogens is 254 g/mol. The van der Waals surface area contributed by atoms with Crippen molar-refractivity contribution >= 4 is 16.8 Å². The summed E-state index contributed by atoms with van der Waals surface area (Å²) in [5.74, 6) is -0.149. The van der Waals surface area contributed by atoms with E-state index in [1.807, 2.05) is 42.5 Å². The lowest BCUT2D eigenvalue weighted by atomic mass is 10.1. The Balaban J connectivity index is 2.04. The Morgan fingerprint density at radius 2 is 1.80 bits per heavy atom. The number of carbonyl (C=O) groups excluding carboxylic acids is 1. The number of carbonyl (C=O) groups is 1. The third-order valence-corrected chi connectivity index (χ3v) is 3.11. The molecule has 0 unspecified atom stereocenters. The molecule has 5 nitrogen and oxygen atoms in total. The van der Waals surface area contributed by atoms with Gasteiger partial charge in [-0.25, -0.2) is 4.68 Å². The summed E-state index contributed by atoms with van der Waals surface area (Å²) in [6.45, 7) is 0. The fraction of sp³-hybridized carbons (Fsp3) is 0.133. The molecule has 0 fully saturated rings. The van der Waals surface area contributed by atoms with Gasteiger partial charge in [0.05, 0.1) is 5.52 Å². The minimum absolute atomic E-state index is 0.149. The number of hydrogen-bond donors (Lipinski definition) is 0. The third kappa shape index (κ3) is 2.08. The summed E-state index contributed by atoms with van der Waals surface area (Å²) in [5.41, 5.74) is 2.08. The standard InChI is InChI=1S/C15H13N3O2/c1-20-15(14(19)11-7-3-2-4-8-11)18-13-10-6-5-9-12(13)16-17-18/h2-10,15H,1H3/t15-/m1/s1. The van der Waals surface area contributed by atoms with Gasteiger partial charge >= 0.3 is 0 Å². The average Bonchev–Trinajstić information content (AvgIpc) is 2.93. The zero-order valence-corrected chi connectivity index (χ0v) is 10.9. The van der Waals surface area contributed by atoms with E-state index in [0.717, 1.165) is 11.0 Å². The van der Waals surface area contributed by atoms with E-state index in [2.05, 4.69) is 10.3 Å². The van der Waals surface area contributed by atoms with Gasteiger partial charge in [0.2, 0.25) is 12.0 Å². The fourth-order valence-corrected chi connectivity index (χ4v) is 2.12. The summed E-state index contributed by atoms with van der Waals surface area (Å²) in [4.78, 5) is 12.5. The number of para-hydroxylation sites is 1. The molecule has 5 heteroatoms. The van der Waals surface area contributed by atoms with E-state index in [4.69, 9.17) is 4.74 Å². The van der Waals surface area contributed by atoms with Crippen molar-refractivity contribution in [1.29, 1.82) is 0 Å². The second-order valence-electron chi connectivity index (χ2n) is 4.34. The summed E-state index contributed by atoms with van der Waals surface area (Å²) in [7, 11) is 1.49. The Labute approximate surface area is 115 Å². The lowest BCUT2D eigenvalue weighted by molar-refractivity contribution is 0.0307. The predicted octanol–water partition coefficient (Wildman–Crippen LogP) is 2.46. The van der Waals surface area contributed by atoms with Gasteiger partial charge in [0, 0.05) is 12.7 Å². The number of hydrogen-bond acceptors (Lipinski definition) is 4. The largest absolute Gasteiger partial charge is 0.353 e. The minimum atomic E-state index is -0.815. The highest BCUT2D eigenvalue weighted by atomic mass is 16.5. The molecule has 2 aromatic carbocycles. The van der Waals surface area contributed by atoms with Gasteiger partial charge in [-0.15, -0.1) is 5.10 Å². The summed E-state index contributed by atoms with van der Waals surface area (Å²) < 4.78 is 6.83. The molecule has 20 heavy (non-hydrogen) atoms. The summed E-state index contributed by atoms with van der Waals surface area (Å²) in [5, 5.41) is 8.08. The van der Waals surface area contributed by atoms with Crippen molar-refractivity contribution in [3.8, 4) is 0 Å². The number of nitrogens with zero attached hydrogens (tertiary/aromatic N) is 3. The van der Waals surface area contributed by atoms with Gasteiger partial charge < -0.3 is 4.74 Å². The van der Waals surface area contributed by atoms with Crippen LogP contribution in [0.25, 0.3) is 11.0 Å². The van der Waals surface area contributed by atoms with Gasteiger partial charge in [-0.05, 0) is 12.1 Å². The molecule has 3 aromatic rings. The molecule has 1 atom stereocenters. The maximum absolute atomic E-state index is 12.5. The molecule has 0 aliphatic carbocycles. The average molecular weight is 267 g/mol. The van der Waals surface area contributed by atoms with Crippen molar-refractivity contribution in [2.75, 3.05) is 7.11 Å². The van der Waals surface area contributed by atoms with Crippen molar-refractivity contribution in [2.45, 2.75) is 6.23 Å². The van der Waals surface area contributed by atoms with Crippen molar-refractivity contribution in [3.05, 3.63) is 60.2 Å². The number of methoxy groups -OCH3 is 1. The number of fused-ring (bicyclic) bond motifs is 1. The number of aromatic nitrogens is 3. The molecule has 1 heterocycles. The molecule has 0 bridgehead atoms. The Morgan fingerprint density at radius 3 is 2.55 bits per heavy atom. The quantitative estimate of drug-likeness (QED) is 0.681. The van der Waals surface area contributed by atoms with Gasteiger partial charge in [-0.3, -0.25) is 4.79 Å². The summed E-state index contributed by atoms with van der Waals surface area (Å²) in [6.07, 6.45) is -0.815. The highest BCUT2D eigenvalue weighted by Gasteiger charge is 2.24. The molecule has 0 saturated carbocycles. The number of rotatable bonds is 4. The van der Waals surface area contributed by atoms with Crippen molar-refractivity contribution in [1.82, 2.24) is 15.0 Å². The molecule has 0 saturated heterocycles. The molecule has 0 radical (unpaired) electrons. The van der Waals surface area contributed by atoms with Crippen LogP contribution in [-0.2, 0) is 4.74 Å². The minimum Gasteiger partial charge on any atom is -0.353 e. The van der Waals surface area contributed by atoms with Crippen molar-refractivity contribution < 1.29 is 9.53 Å². The van der Waals surface area contributed by atoms with E-state index in [1.165, 1.54) is 11.8 Å². The van der Waals surface area contributed by atoms with E-state index in [9.17, 15) is 4.79 Å². The molecule has 1 aromatic heterocycles. The van der Waals surface area contributed by atoms with Crippen LogP contribution in [0, 0.1) is 0 Å². The van der Waals surface area contributed by atoms with E-state index < -0.39 is 6.23 Å². The van der Waals surface area contributed by atoms with Gasteiger partial charge in [-0.2, -0.15) is 0 Å². The van der Waals surface area contributed by atoms with E-state index in [0.29, 0.717) is 5.56 Å². The fourth-order valence-electron chi connectivity index (χ4n) is 2.12. The molecule has 0 aliphatic heterocycles. The molecule has 100 valence electrons. The van der Waals surface area contributed by atoms with Crippen LogP contribution in [0.15, 0.2) is 54.6 Å².